The van der Waals surface area contributed by atoms with Crippen LogP contribution in [-0.2, 0) is 4.74 Å². The zero-order chi connectivity index (χ0) is 23.3. The lowest BCUT2D eigenvalue weighted by Crippen LogP contribution is -2.29. The Labute approximate surface area is 189 Å². The van der Waals surface area contributed by atoms with Gasteiger partial charge >= 0.3 is 5.97 Å². The van der Waals surface area contributed by atoms with E-state index in [1.54, 1.807) is 19.2 Å². The third-order valence-corrected chi connectivity index (χ3v) is 6.07. The first-order valence-electron chi connectivity index (χ1n) is 11.0. The highest BCUT2D eigenvalue weighted by Crippen LogP contribution is 2.58. The van der Waals surface area contributed by atoms with E-state index in [1.807, 2.05) is 6.92 Å². The fraction of sp³-hybridized carbons (Fsp3) is 0.455. The van der Waals surface area contributed by atoms with E-state index in [-0.39, 0.29) is 36.7 Å². The van der Waals surface area contributed by atoms with Gasteiger partial charge in [-0.1, -0.05) is 0 Å². The Kier molecular flexibility index (Phi) is 5.28. The van der Waals surface area contributed by atoms with Gasteiger partial charge in [-0.15, -0.1) is 5.10 Å². The molecular weight excluding hydrogens is 429 g/mol. The van der Waals surface area contributed by atoms with Crippen LogP contribution in [0.25, 0.3) is 5.65 Å². The highest BCUT2D eigenvalue weighted by molar-refractivity contribution is 6.00. The summed E-state index contributed by atoms with van der Waals surface area (Å²) in [5.74, 6) is 0.863. The van der Waals surface area contributed by atoms with Crippen LogP contribution in [0, 0.1) is 17.7 Å². The number of fused-ring (bicyclic) bond motifs is 2. The molecule has 10 nitrogen and oxygen atoms in total. The number of piperidine rings is 1. The first-order valence-corrected chi connectivity index (χ1v) is 11.0. The standard InChI is InChI=1S/C22H26FN7O3/c1-3-32-22(31)17-19(25)28-30-5-4-16(27-20(17)30)29-9-12-6-14(12)18(29)15-7-13(23)8-26-21(15)33-10-11(2)24/h4-5,7-8,11-12,14,18H,3,6,9-10,24H2,1-2H3,(H2,25,28)/t11-,12?,14?,18?/m1/s1. The number of hydrogen-bond acceptors (Lipinski definition) is 9. The Morgan fingerprint density at radius 3 is 3.00 bits per heavy atom. The van der Waals surface area contributed by atoms with Crippen molar-refractivity contribution in [2.75, 3.05) is 30.4 Å². The van der Waals surface area contributed by atoms with Gasteiger partial charge in [-0.25, -0.2) is 23.7 Å². The number of rotatable bonds is 7. The lowest BCUT2D eigenvalue weighted by molar-refractivity contribution is 0.0529. The van der Waals surface area contributed by atoms with Crippen LogP contribution in [0.2, 0.25) is 0 Å². The van der Waals surface area contributed by atoms with Crippen LogP contribution in [-0.4, -0.2) is 51.4 Å². The molecule has 3 unspecified atom stereocenters. The summed E-state index contributed by atoms with van der Waals surface area (Å²) in [6.45, 7) is 4.79. The zero-order valence-electron chi connectivity index (χ0n) is 18.4. The number of esters is 1. The highest BCUT2D eigenvalue weighted by atomic mass is 19.1. The van der Waals surface area contributed by atoms with E-state index < -0.39 is 11.8 Å². The van der Waals surface area contributed by atoms with Gasteiger partial charge in [0.05, 0.1) is 18.8 Å². The van der Waals surface area contributed by atoms with E-state index in [2.05, 4.69) is 15.0 Å². The second-order valence-electron chi connectivity index (χ2n) is 8.63. The molecule has 3 aromatic rings. The molecule has 33 heavy (non-hydrogen) atoms. The molecule has 4 atom stereocenters. The molecule has 0 amide bonds. The number of hydrogen-bond donors (Lipinski definition) is 2. The summed E-state index contributed by atoms with van der Waals surface area (Å²) in [6.07, 6.45) is 3.89. The number of carbonyl (C=O) groups excluding carboxylic acids is 1. The van der Waals surface area contributed by atoms with E-state index in [9.17, 15) is 9.18 Å². The van der Waals surface area contributed by atoms with E-state index in [1.165, 1.54) is 10.6 Å². The first-order chi connectivity index (χ1) is 15.9. The molecule has 11 heteroatoms. The molecule has 5 rings (SSSR count). The molecule has 4 heterocycles. The number of carbonyl (C=O) groups is 1. The number of anilines is 2. The van der Waals surface area contributed by atoms with Gasteiger partial charge in [-0.2, -0.15) is 0 Å². The lowest BCUT2D eigenvalue weighted by atomic mass is 10.0. The molecule has 1 saturated heterocycles. The van der Waals surface area contributed by atoms with Crippen molar-refractivity contribution in [3.63, 3.8) is 0 Å². The Bertz CT molecular complexity index is 1210. The molecule has 1 aliphatic heterocycles. The fourth-order valence-corrected chi connectivity index (χ4v) is 4.58. The van der Waals surface area contributed by atoms with Gasteiger partial charge in [0.25, 0.3) is 0 Å². The van der Waals surface area contributed by atoms with Gasteiger partial charge in [-0.05, 0) is 44.2 Å². The van der Waals surface area contributed by atoms with Crippen molar-refractivity contribution in [3.8, 4) is 5.88 Å². The molecule has 0 bridgehead atoms. The van der Waals surface area contributed by atoms with Gasteiger partial charge in [-0.3, -0.25) is 0 Å². The van der Waals surface area contributed by atoms with Crippen molar-refractivity contribution in [2.24, 2.45) is 17.6 Å². The van der Waals surface area contributed by atoms with Crippen LogP contribution in [0.15, 0.2) is 24.5 Å². The zero-order valence-corrected chi connectivity index (χ0v) is 18.4. The maximum Gasteiger partial charge on any atom is 0.345 e. The minimum Gasteiger partial charge on any atom is -0.476 e. The number of ether oxygens (including phenoxy) is 2. The highest BCUT2D eigenvalue weighted by Gasteiger charge is 2.54. The maximum absolute atomic E-state index is 14.2. The number of nitrogens with two attached hydrogens (primary N) is 2. The average Bonchev–Trinajstić information content (AvgIpc) is 3.30. The maximum atomic E-state index is 14.2. The third-order valence-electron chi connectivity index (χ3n) is 6.07. The molecule has 0 radical (unpaired) electrons. The minimum atomic E-state index is -0.573. The van der Waals surface area contributed by atoms with Gasteiger partial charge in [0.2, 0.25) is 5.88 Å². The van der Waals surface area contributed by atoms with E-state index >= 15 is 0 Å². The number of pyridine rings is 1. The molecule has 1 saturated carbocycles. The van der Waals surface area contributed by atoms with Gasteiger partial charge in [0, 0.05) is 24.3 Å². The van der Waals surface area contributed by atoms with E-state index in [0.717, 1.165) is 19.2 Å². The third kappa shape index (κ3) is 3.82. The molecule has 4 N–H and O–H groups in total. The van der Waals surface area contributed by atoms with E-state index in [0.29, 0.717) is 34.7 Å². The number of nitrogen functional groups attached to an aromatic ring is 1. The molecule has 0 aromatic carbocycles. The van der Waals surface area contributed by atoms with Crippen molar-refractivity contribution in [3.05, 3.63) is 41.5 Å². The van der Waals surface area contributed by atoms with Crippen LogP contribution in [0.5, 0.6) is 5.88 Å². The number of aromatic nitrogens is 4. The van der Waals surface area contributed by atoms with Crippen LogP contribution in [0.3, 0.4) is 0 Å². The number of halogens is 1. The molecule has 1 aliphatic carbocycles. The minimum absolute atomic E-state index is 0.0554. The largest absolute Gasteiger partial charge is 0.476 e. The second-order valence-corrected chi connectivity index (χ2v) is 8.63. The van der Waals surface area contributed by atoms with Crippen LogP contribution in [0.1, 0.15) is 42.2 Å². The Balaban J connectivity index is 1.55. The summed E-state index contributed by atoms with van der Waals surface area (Å²) in [4.78, 5) is 23.4. The Morgan fingerprint density at radius 1 is 1.42 bits per heavy atom. The van der Waals surface area contributed by atoms with Crippen molar-refractivity contribution >= 4 is 23.3 Å². The van der Waals surface area contributed by atoms with Gasteiger partial charge < -0.3 is 25.8 Å². The van der Waals surface area contributed by atoms with Crippen molar-refractivity contribution in [1.82, 2.24) is 19.6 Å². The Hall–Kier alpha value is -3.47. The summed E-state index contributed by atoms with van der Waals surface area (Å²) in [5.41, 5.74) is 12.9. The molecular formula is C22H26FN7O3. The summed E-state index contributed by atoms with van der Waals surface area (Å²) in [5, 5.41) is 4.17. The van der Waals surface area contributed by atoms with Crippen LogP contribution < -0.4 is 21.1 Å². The first kappa shape index (κ1) is 21.4. The molecule has 3 aromatic heterocycles. The summed E-state index contributed by atoms with van der Waals surface area (Å²) < 4.78 is 26.7. The molecule has 2 aliphatic rings. The predicted molar refractivity (Wildman–Crippen MR) is 118 cm³/mol. The smallest absolute Gasteiger partial charge is 0.345 e. The van der Waals surface area contributed by atoms with Gasteiger partial charge in [0.1, 0.15) is 23.8 Å². The predicted octanol–water partition coefficient (Wildman–Crippen LogP) is 1.95. The molecule has 174 valence electrons. The fourth-order valence-electron chi connectivity index (χ4n) is 4.58. The summed E-state index contributed by atoms with van der Waals surface area (Å²) in [6, 6.07) is 2.93. The number of nitrogens with zero attached hydrogens (tertiary/aromatic N) is 5. The lowest BCUT2D eigenvalue weighted by Gasteiger charge is -2.30. The second kappa shape index (κ2) is 8.14. The van der Waals surface area contributed by atoms with Crippen LogP contribution >= 0.6 is 0 Å². The Morgan fingerprint density at radius 2 is 2.24 bits per heavy atom. The summed E-state index contributed by atoms with van der Waals surface area (Å²) >= 11 is 0. The SMILES string of the molecule is CCOC(=O)c1c(N)nn2ccc(N3CC4CC4C3c3cc(F)cnc3OC[C@@H](C)N)nc12. The summed E-state index contributed by atoms with van der Waals surface area (Å²) in [7, 11) is 0. The van der Waals surface area contributed by atoms with E-state index in [4.69, 9.17) is 25.9 Å². The van der Waals surface area contributed by atoms with Crippen LogP contribution in [0.4, 0.5) is 16.0 Å². The normalized spacial score (nSPS) is 22.3. The van der Waals surface area contributed by atoms with Gasteiger partial charge in [0.15, 0.2) is 11.5 Å². The van der Waals surface area contributed by atoms with Crippen molar-refractivity contribution < 1.29 is 18.7 Å². The van der Waals surface area contributed by atoms with Crippen molar-refractivity contribution in [2.45, 2.75) is 32.4 Å². The van der Waals surface area contributed by atoms with Crippen molar-refractivity contribution in [1.29, 1.82) is 0 Å². The molecule has 2 fully saturated rings. The monoisotopic (exact) mass is 455 g/mol. The average molecular weight is 455 g/mol. The molecule has 0 spiro atoms. The quantitative estimate of drug-likeness (QED) is 0.513. The topological polar surface area (TPSA) is 134 Å².